The fraction of sp³-hybridized carbons (Fsp3) is 0.120. The lowest BCUT2D eigenvalue weighted by Crippen LogP contribution is -2.20. The largest absolute Gasteiger partial charge is 0.493 e. The summed E-state index contributed by atoms with van der Waals surface area (Å²) in [6.07, 6.45) is -3.31. The third kappa shape index (κ3) is 5.30. The van der Waals surface area contributed by atoms with E-state index in [2.05, 4.69) is 26.0 Å². The van der Waals surface area contributed by atoms with Crippen LogP contribution < -0.4 is 15.0 Å². The van der Waals surface area contributed by atoms with E-state index in [9.17, 15) is 18.0 Å². The first kappa shape index (κ1) is 26.2. The number of hydrogen-bond acceptors (Lipinski definition) is 6. The zero-order valence-electron chi connectivity index (χ0n) is 18.9. The van der Waals surface area contributed by atoms with Gasteiger partial charge in [0.15, 0.2) is 23.9 Å². The van der Waals surface area contributed by atoms with Gasteiger partial charge in [-0.15, -0.1) is 0 Å². The van der Waals surface area contributed by atoms with E-state index < -0.39 is 17.3 Å². The molecule has 0 aliphatic heterocycles. The van der Waals surface area contributed by atoms with E-state index in [0.29, 0.717) is 15.6 Å². The minimum absolute atomic E-state index is 0.0461. The Morgan fingerprint density at radius 1 is 1.22 bits per heavy atom. The average Bonchev–Trinajstić information content (AvgIpc) is 2.89. The van der Waals surface area contributed by atoms with Gasteiger partial charge in [0.2, 0.25) is 0 Å². The molecular formula is C25H15BrClF3N4O3. The maximum Gasteiger partial charge on any atom is 0.416 e. The molecule has 0 unspecified atom stereocenters. The van der Waals surface area contributed by atoms with Crippen LogP contribution in [-0.4, -0.2) is 29.6 Å². The normalized spacial score (nSPS) is 11.6. The van der Waals surface area contributed by atoms with E-state index in [0.717, 1.165) is 16.8 Å². The average molecular weight is 592 g/mol. The van der Waals surface area contributed by atoms with E-state index in [-0.39, 0.29) is 39.9 Å². The summed E-state index contributed by atoms with van der Waals surface area (Å²) in [5, 5.41) is 13.4. The van der Waals surface area contributed by atoms with E-state index in [1.54, 1.807) is 24.3 Å². The Morgan fingerprint density at radius 3 is 2.68 bits per heavy atom. The number of nitrogens with zero attached hydrogens (tertiary/aromatic N) is 4. The van der Waals surface area contributed by atoms with Gasteiger partial charge in [-0.05, 0) is 46.3 Å². The summed E-state index contributed by atoms with van der Waals surface area (Å²) in [5.41, 5.74) is -0.769. The molecule has 188 valence electrons. The molecule has 0 fully saturated rings. The van der Waals surface area contributed by atoms with Crippen molar-refractivity contribution >= 4 is 44.6 Å². The fourth-order valence-electron chi connectivity index (χ4n) is 3.46. The number of nitriles is 1. The molecule has 37 heavy (non-hydrogen) atoms. The molecule has 1 heterocycles. The first-order chi connectivity index (χ1) is 17.7. The zero-order chi connectivity index (χ0) is 26.7. The molecule has 0 radical (unpaired) electrons. The van der Waals surface area contributed by atoms with Crippen LogP contribution in [0, 0.1) is 11.3 Å². The molecule has 0 aliphatic rings. The smallest absolute Gasteiger partial charge is 0.416 e. The first-order valence-electron chi connectivity index (χ1n) is 10.4. The number of rotatable bonds is 6. The van der Waals surface area contributed by atoms with Crippen LogP contribution in [0.4, 0.5) is 13.2 Å². The quantitative estimate of drug-likeness (QED) is 0.246. The summed E-state index contributed by atoms with van der Waals surface area (Å²) < 4.78 is 52.0. The van der Waals surface area contributed by atoms with E-state index in [4.69, 9.17) is 26.3 Å². The predicted molar refractivity (Wildman–Crippen MR) is 136 cm³/mol. The number of alkyl halides is 3. The fourth-order valence-corrected chi connectivity index (χ4v) is 4.12. The molecule has 0 saturated carbocycles. The van der Waals surface area contributed by atoms with Gasteiger partial charge in [0, 0.05) is 15.6 Å². The molecule has 3 aromatic carbocycles. The molecule has 1 aromatic heterocycles. The Morgan fingerprint density at radius 2 is 1.97 bits per heavy atom. The van der Waals surface area contributed by atoms with E-state index >= 15 is 0 Å². The molecule has 0 amide bonds. The summed E-state index contributed by atoms with van der Waals surface area (Å²) in [4.78, 5) is 17.8. The molecule has 0 bridgehead atoms. The van der Waals surface area contributed by atoms with Crippen molar-refractivity contribution < 1.29 is 22.6 Å². The van der Waals surface area contributed by atoms with Gasteiger partial charge < -0.3 is 9.47 Å². The molecular weight excluding hydrogens is 577 g/mol. The highest BCUT2D eigenvalue weighted by molar-refractivity contribution is 9.10. The zero-order valence-corrected chi connectivity index (χ0v) is 21.2. The third-order valence-corrected chi connectivity index (χ3v) is 6.61. The second-order valence-corrected chi connectivity index (χ2v) is 8.64. The number of ether oxygens (including phenoxy) is 2. The van der Waals surface area contributed by atoms with Gasteiger partial charge >= 0.3 is 6.18 Å². The lowest BCUT2D eigenvalue weighted by Gasteiger charge is -2.14. The molecule has 7 nitrogen and oxygen atoms in total. The Bertz CT molecular complexity index is 1630. The monoisotopic (exact) mass is 590 g/mol. The Labute approximate surface area is 221 Å². The summed E-state index contributed by atoms with van der Waals surface area (Å²) in [6, 6.07) is 14.3. The first-order valence-corrected chi connectivity index (χ1v) is 11.6. The van der Waals surface area contributed by atoms with Crippen molar-refractivity contribution in [1.29, 1.82) is 5.26 Å². The van der Waals surface area contributed by atoms with Gasteiger partial charge in [0.1, 0.15) is 11.1 Å². The molecule has 4 aromatic rings. The van der Waals surface area contributed by atoms with Crippen molar-refractivity contribution in [2.24, 2.45) is 5.10 Å². The molecule has 0 spiro atoms. The number of halogens is 5. The van der Waals surface area contributed by atoms with Gasteiger partial charge in [0.25, 0.3) is 5.56 Å². The maximum absolute atomic E-state index is 13.4. The summed E-state index contributed by atoms with van der Waals surface area (Å²) in [7, 11) is 1.38. The predicted octanol–water partition coefficient (Wildman–Crippen LogP) is 6.29. The number of aromatic nitrogens is 2. The third-order valence-electron chi connectivity index (χ3n) is 5.17. The van der Waals surface area contributed by atoms with Gasteiger partial charge in [0.05, 0.1) is 29.8 Å². The summed E-state index contributed by atoms with van der Waals surface area (Å²) in [5.74, 6) is 0.241. The van der Waals surface area contributed by atoms with Gasteiger partial charge in [-0.25, -0.2) is 4.98 Å². The van der Waals surface area contributed by atoms with Crippen molar-refractivity contribution in [2.75, 3.05) is 13.7 Å². The van der Waals surface area contributed by atoms with Crippen LogP contribution in [0.1, 0.15) is 11.1 Å². The van der Waals surface area contributed by atoms with E-state index in [1.807, 2.05) is 6.07 Å². The molecule has 0 atom stereocenters. The number of fused-ring (bicyclic) bond motifs is 1. The van der Waals surface area contributed by atoms with Gasteiger partial charge in [-0.2, -0.15) is 28.2 Å². The van der Waals surface area contributed by atoms with Crippen molar-refractivity contribution in [3.05, 3.63) is 85.6 Å². The minimum Gasteiger partial charge on any atom is -0.493 e. The molecule has 0 saturated heterocycles. The van der Waals surface area contributed by atoms with E-state index in [1.165, 1.54) is 31.5 Å². The molecule has 4 rings (SSSR count). The van der Waals surface area contributed by atoms with Crippen molar-refractivity contribution in [3.8, 4) is 29.0 Å². The number of benzene rings is 3. The molecule has 0 N–H and O–H groups in total. The number of methoxy groups -OCH3 is 1. The van der Waals surface area contributed by atoms with Crippen molar-refractivity contribution in [1.82, 2.24) is 9.66 Å². The second-order valence-electron chi connectivity index (χ2n) is 7.46. The lowest BCUT2D eigenvalue weighted by atomic mass is 10.1. The van der Waals surface area contributed by atoms with Crippen molar-refractivity contribution in [3.63, 3.8) is 0 Å². The maximum atomic E-state index is 13.4. The minimum atomic E-state index is -4.59. The van der Waals surface area contributed by atoms with Crippen LogP contribution in [-0.2, 0) is 6.18 Å². The lowest BCUT2D eigenvalue weighted by molar-refractivity contribution is -0.137. The summed E-state index contributed by atoms with van der Waals surface area (Å²) in [6.45, 7) is -0.269. The van der Waals surface area contributed by atoms with Crippen LogP contribution in [0.3, 0.4) is 0 Å². The second kappa shape index (κ2) is 10.6. The Balaban J connectivity index is 1.91. The molecule has 12 heteroatoms. The highest BCUT2D eigenvalue weighted by Gasteiger charge is 2.31. The molecule has 0 aliphatic carbocycles. The Hall–Kier alpha value is -3.88. The Kier molecular flexibility index (Phi) is 7.52. The van der Waals surface area contributed by atoms with Crippen LogP contribution >= 0.6 is 27.5 Å². The van der Waals surface area contributed by atoms with Crippen LogP contribution in [0.5, 0.6) is 11.5 Å². The van der Waals surface area contributed by atoms with Crippen LogP contribution in [0.2, 0.25) is 5.02 Å². The topological polar surface area (TPSA) is 89.5 Å². The van der Waals surface area contributed by atoms with Crippen molar-refractivity contribution in [2.45, 2.75) is 6.18 Å². The summed E-state index contributed by atoms with van der Waals surface area (Å²) >= 11 is 9.73. The van der Waals surface area contributed by atoms with Crippen LogP contribution in [0.15, 0.2) is 69.0 Å². The van der Waals surface area contributed by atoms with Gasteiger partial charge in [-0.1, -0.05) is 35.9 Å². The van der Waals surface area contributed by atoms with Gasteiger partial charge in [-0.3, -0.25) is 4.79 Å². The number of hydrogen-bond donors (Lipinski definition) is 0. The standard InChI is InChI=1S/C25H15BrClF3N4O3/c1-36-19-12-15(20(26)21(27)22(19)37-10-9-31)13-32-34-23(14-5-4-6-16(11-14)25(28,29)30)33-18-8-3-2-7-17(18)24(34)35/h2-8,11-13H,10H2,1H3. The SMILES string of the molecule is COc1cc(C=Nn2c(-c3cccc(C(F)(F)F)c3)nc3ccccc3c2=O)c(Br)c(Cl)c1OCC#N. The highest BCUT2D eigenvalue weighted by Crippen LogP contribution is 2.42. The number of para-hydroxylation sites is 1. The van der Waals surface area contributed by atoms with Crippen LogP contribution in [0.25, 0.3) is 22.3 Å². The highest BCUT2D eigenvalue weighted by atomic mass is 79.9.